The monoisotopic (exact) mass is 358 g/mol. The quantitative estimate of drug-likeness (QED) is 0.640. The predicted octanol–water partition coefficient (Wildman–Crippen LogP) is 4.06. The van der Waals surface area contributed by atoms with E-state index in [0.717, 1.165) is 11.1 Å². The molecule has 6 nitrogen and oxygen atoms in total. The summed E-state index contributed by atoms with van der Waals surface area (Å²) in [6.07, 6.45) is 0. The van der Waals surface area contributed by atoms with E-state index in [0.29, 0.717) is 22.2 Å². The number of methoxy groups -OCH3 is 1. The van der Waals surface area contributed by atoms with Crippen LogP contribution in [0.1, 0.15) is 21.8 Å². The number of rotatable bonds is 5. The first-order valence-electron chi connectivity index (χ1n) is 7.47. The zero-order valence-electron chi connectivity index (χ0n) is 13.7. The van der Waals surface area contributed by atoms with E-state index < -0.39 is 5.97 Å². The molecule has 0 unspecified atom stereocenters. The van der Waals surface area contributed by atoms with Gasteiger partial charge in [-0.05, 0) is 43.3 Å². The van der Waals surface area contributed by atoms with Gasteiger partial charge in [0.2, 0.25) is 5.89 Å². The minimum atomic E-state index is -0.521. The molecular formula is C18H15ClN2O4. The molecule has 3 aromatic rings. The summed E-state index contributed by atoms with van der Waals surface area (Å²) in [5, 5.41) is 8.44. The first-order chi connectivity index (χ1) is 12.1. The summed E-state index contributed by atoms with van der Waals surface area (Å²) in [5.41, 5.74) is 2.00. The lowest BCUT2D eigenvalue weighted by Gasteiger charge is -2.08. The average molecular weight is 359 g/mol. The van der Waals surface area contributed by atoms with Crippen LogP contribution in [-0.4, -0.2) is 23.3 Å². The number of carbonyl (C=O) groups excluding carboxylic acids is 1. The molecule has 128 valence electrons. The van der Waals surface area contributed by atoms with Crippen LogP contribution in [0.3, 0.4) is 0 Å². The highest BCUT2D eigenvalue weighted by Gasteiger charge is 2.16. The fourth-order valence-electron chi connectivity index (χ4n) is 2.21. The van der Waals surface area contributed by atoms with Gasteiger partial charge in [-0.25, -0.2) is 4.79 Å². The zero-order valence-corrected chi connectivity index (χ0v) is 14.4. The Labute approximate surface area is 149 Å². The molecule has 0 saturated carbocycles. The van der Waals surface area contributed by atoms with E-state index in [4.69, 9.17) is 25.5 Å². The van der Waals surface area contributed by atoms with Crippen molar-refractivity contribution in [2.45, 2.75) is 13.5 Å². The Hall–Kier alpha value is -2.86. The molecule has 3 rings (SSSR count). The Morgan fingerprint density at radius 1 is 1.16 bits per heavy atom. The molecule has 0 aliphatic carbocycles. The summed E-state index contributed by atoms with van der Waals surface area (Å²) in [6, 6.07) is 12.3. The molecule has 0 aliphatic rings. The molecule has 0 amide bonds. The third-order valence-electron chi connectivity index (χ3n) is 3.46. The molecule has 1 heterocycles. The van der Waals surface area contributed by atoms with Crippen LogP contribution >= 0.6 is 11.6 Å². The van der Waals surface area contributed by atoms with Gasteiger partial charge in [0.25, 0.3) is 5.89 Å². The molecule has 25 heavy (non-hydrogen) atoms. The van der Waals surface area contributed by atoms with Crippen molar-refractivity contribution in [3.63, 3.8) is 0 Å². The topological polar surface area (TPSA) is 74.5 Å². The van der Waals surface area contributed by atoms with Crippen LogP contribution in [0.15, 0.2) is 46.9 Å². The highest BCUT2D eigenvalue weighted by atomic mass is 35.5. The van der Waals surface area contributed by atoms with Gasteiger partial charge in [-0.3, -0.25) is 0 Å². The SMILES string of the molecule is COc1ccc(C)cc1C(=O)OCc1nnc(-c2ccc(Cl)cc2)o1. The van der Waals surface area contributed by atoms with Gasteiger partial charge in [-0.2, -0.15) is 0 Å². The molecule has 1 aromatic heterocycles. The maximum absolute atomic E-state index is 12.3. The van der Waals surface area contributed by atoms with Gasteiger partial charge >= 0.3 is 5.97 Å². The van der Waals surface area contributed by atoms with Crippen molar-refractivity contribution in [1.29, 1.82) is 0 Å². The molecule has 0 fully saturated rings. The maximum atomic E-state index is 12.3. The van der Waals surface area contributed by atoms with Crippen LogP contribution in [0.2, 0.25) is 5.02 Å². The lowest BCUT2D eigenvalue weighted by atomic mass is 10.1. The van der Waals surface area contributed by atoms with E-state index in [9.17, 15) is 4.79 Å². The summed E-state index contributed by atoms with van der Waals surface area (Å²) >= 11 is 5.85. The van der Waals surface area contributed by atoms with Crippen LogP contribution in [0.25, 0.3) is 11.5 Å². The number of carbonyl (C=O) groups is 1. The molecule has 0 atom stereocenters. The number of ether oxygens (including phenoxy) is 2. The van der Waals surface area contributed by atoms with Crippen molar-refractivity contribution in [1.82, 2.24) is 10.2 Å². The van der Waals surface area contributed by atoms with Crippen molar-refractivity contribution in [3.05, 3.63) is 64.5 Å². The van der Waals surface area contributed by atoms with Crippen LogP contribution < -0.4 is 4.74 Å². The Kier molecular flexibility index (Phi) is 5.00. The summed E-state index contributed by atoms with van der Waals surface area (Å²) in [5.74, 6) is 0.454. The summed E-state index contributed by atoms with van der Waals surface area (Å²) in [6.45, 7) is 1.75. The molecule has 0 spiro atoms. The first-order valence-corrected chi connectivity index (χ1v) is 7.84. The van der Waals surface area contributed by atoms with Crippen molar-refractivity contribution >= 4 is 17.6 Å². The second-order valence-electron chi connectivity index (χ2n) is 5.29. The first kappa shape index (κ1) is 17.0. The van der Waals surface area contributed by atoms with Crippen LogP contribution in [-0.2, 0) is 11.3 Å². The van der Waals surface area contributed by atoms with E-state index in [-0.39, 0.29) is 12.5 Å². The number of esters is 1. The molecule has 0 radical (unpaired) electrons. The zero-order chi connectivity index (χ0) is 17.8. The van der Waals surface area contributed by atoms with E-state index in [2.05, 4.69) is 10.2 Å². The smallest absolute Gasteiger partial charge is 0.342 e. The minimum Gasteiger partial charge on any atom is -0.496 e. The number of halogens is 1. The predicted molar refractivity (Wildman–Crippen MR) is 91.6 cm³/mol. The van der Waals surface area contributed by atoms with Gasteiger partial charge in [0, 0.05) is 10.6 Å². The Morgan fingerprint density at radius 3 is 2.64 bits per heavy atom. The van der Waals surface area contributed by atoms with Crippen molar-refractivity contribution in [2.75, 3.05) is 7.11 Å². The van der Waals surface area contributed by atoms with E-state index in [1.54, 1.807) is 36.4 Å². The second kappa shape index (κ2) is 7.36. The van der Waals surface area contributed by atoms with Crippen molar-refractivity contribution < 1.29 is 18.7 Å². The summed E-state index contributed by atoms with van der Waals surface area (Å²) < 4.78 is 15.9. The van der Waals surface area contributed by atoms with Gasteiger partial charge in [0.1, 0.15) is 11.3 Å². The number of hydrogen-bond donors (Lipinski definition) is 0. The largest absolute Gasteiger partial charge is 0.496 e. The highest BCUT2D eigenvalue weighted by Crippen LogP contribution is 2.22. The van der Waals surface area contributed by atoms with Gasteiger partial charge in [0.05, 0.1) is 7.11 Å². The standard InChI is InChI=1S/C18H15ClN2O4/c1-11-3-8-15(23-2)14(9-11)18(22)24-10-16-20-21-17(25-16)12-4-6-13(19)7-5-12/h3-9H,10H2,1-2H3. The van der Waals surface area contributed by atoms with E-state index in [1.807, 2.05) is 13.0 Å². The van der Waals surface area contributed by atoms with Crippen LogP contribution in [0, 0.1) is 6.92 Å². The third-order valence-corrected chi connectivity index (χ3v) is 3.71. The lowest BCUT2D eigenvalue weighted by molar-refractivity contribution is 0.0435. The van der Waals surface area contributed by atoms with Gasteiger partial charge in [-0.1, -0.05) is 23.2 Å². The Balaban J connectivity index is 1.69. The molecule has 7 heteroatoms. The Bertz CT molecular complexity index is 890. The highest BCUT2D eigenvalue weighted by molar-refractivity contribution is 6.30. The third kappa shape index (κ3) is 3.97. The normalized spacial score (nSPS) is 10.5. The lowest BCUT2D eigenvalue weighted by Crippen LogP contribution is -2.07. The fourth-order valence-corrected chi connectivity index (χ4v) is 2.33. The van der Waals surface area contributed by atoms with Crippen LogP contribution in [0.4, 0.5) is 0 Å². The van der Waals surface area contributed by atoms with Crippen molar-refractivity contribution in [2.24, 2.45) is 0 Å². The van der Waals surface area contributed by atoms with E-state index in [1.165, 1.54) is 7.11 Å². The van der Waals surface area contributed by atoms with Gasteiger partial charge in [0.15, 0.2) is 6.61 Å². The Morgan fingerprint density at radius 2 is 1.92 bits per heavy atom. The molecule has 2 aromatic carbocycles. The number of aromatic nitrogens is 2. The number of benzene rings is 2. The molecular weight excluding hydrogens is 344 g/mol. The van der Waals surface area contributed by atoms with Crippen LogP contribution in [0.5, 0.6) is 5.75 Å². The maximum Gasteiger partial charge on any atom is 0.342 e. The summed E-state index contributed by atoms with van der Waals surface area (Å²) in [4.78, 5) is 12.3. The second-order valence-corrected chi connectivity index (χ2v) is 5.72. The average Bonchev–Trinajstić information content (AvgIpc) is 3.09. The molecule has 0 bridgehead atoms. The number of hydrogen-bond acceptors (Lipinski definition) is 6. The number of nitrogens with zero attached hydrogens (tertiary/aromatic N) is 2. The molecule has 0 aliphatic heterocycles. The van der Waals surface area contributed by atoms with Gasteiger partial charge in [-0.15, -0.1) is 10.2 Å². The molecule has 0 N–H and O–H groups in total. The fraction of sp³-hybridized carbons (Fsp3) is 0.167. The molecule has 0 saturated heterocycles. The van der Waals surface area contributed by atoms with Gasteiger partial charge < -0.3 is 13.9 Å². The summed E-state index contributed by atoms with van der Waals surface area (Å²) in [7, 11) is 1.50. The minimum absolute atomic E-state index is 0.128. The van der Waals surface area contributed by atoms with E-state index >= 15 is 0 Å². The van der Waals surface area contributed by atoms with Crippen molar-refractivity contribution in [3.8, 4) is 17.2 Å². The number of aryl methyl sites for hydroxylation is 1.